The number of carbonyl (C=O) groups is 1. The van der Waals surface area contributed by atoms with Gasteiger partial charge in [0.1, 0.15) is 24.8 Å². The van der Waals surface area contributed by atoms with Gasteiger partial charge in [-0.15, -0.1) is 0 Å². The molecule has 0 aliphatic carbocycles. The van der Waals surface area contributed by atoms with Crippen LogP contribution >= 0.6 is 0 Å². The molecule has 1 atom stereocenters. The highest BCUT2D eigenvalue weighted by Crippen LogP contribution is 2.27. The van der Waals surface area contributed by atoms with Gasteiger partial charge < -0.3 is 10.1 Å². The first-order chi connectivity index (χ1) is 6.85. The molecule has 0 spiro atoms. The topological polar surface area (TPSA) is 41.5 Å². The Balaban J connectivity index is 2.48. The molecule has 3 nitrogen and oxygen atoms in total. The first kappa shape index (κ1) is 8.87. The normalized spacial score (nSPS) is 19.2. The molecule has 0 amide bonds. The smallest absolute Gasteiger partial charge is 0.147 e. The number of hydrogen-bond donors (Lipinski definition) is 1. The number of halogens is 1. The Morgan fingerprint density at radius 2 is 2.29 bits per heavy atom. The van der Waals surface area contributed by atoms with E-state index in [2.05, 4.69) is 10.3 Å². The van der Waals surface area contributed by atoms with Crippen molar-refractivity contribution < 1.29 is 9.18 Å². The number of nitrogens with zero attached hydrogens (tertiary/aromatic N) is 1. The molecule has 2 rings (SSSR count). The van der Waals surface area contributed by atoms with E-state index in [0.717, 1.165) is 11.8 Å². The Kier molecular flexibility index (Phi) is 2.26. The van der Waals surface area contributed by atoms with Crippen LogP contribution in [-0.4, -0.2) is 18.8 Å². The molecule has 1 N–H and O–H groups in total. The van der Waals surface area contributed by atoms with Gasteiger partial charge in [0, 0.05) is 5.56 Å². The van der Waals surface area contributed by atoms with Crippen molar-refractivity contribution in [3.05, 3.63) is 29.8 Å². The second kappa shape index (κ2) is 3.57. The first-order valence-electron chi connectivity index (χ1n) is 4.29. The summed E-state index contributed by atoms with van der Waals surface area (Å²) >= 11 is 0. The van der Waals surface area contributed by atoms with Gasteiger partial charge in [-0.25, -0.2) is 9.38 Å². The summed E-state index contributed by atoms with van der Waals surface area (Å²) in [6.45, 7) is -0.682. The van der Waals surface area contributed by atoms with E-state index in [1.54, 1.807) is 12.1 Å². The van der Waals surface area contributed by atoms with Crippen molar-refractivity contribution >= 4 is 17.8 Å². The first-order valence-corrected chi connectivity index (χ1v) is 4.29. The highest BCUT2D eigenvalue weighted by Gasteiger charge is 2.20. The fourth-order valence-corrected chi connectivity index (χ4v) is 1.46. The Morgan fingerprint density at radius 3 is 3.00 bits per heavy atom. The maximum Gasteiger partial charge on any atom is 0.147 e. The third-order valence-electron chi connectivity index (χ3n) is 2.11. The molecule has 72 valence electrons. The third kappa shape index (κ3) is 1.39. The molecular formula is C10H9FN2O. The van der Waals surface area contributed by atoms with Crippen LogP contribution < -0.4 is 5.32 Å². The summed E-state index contributed by atoms with van der Waals surface area (Å²) in [7, 11) is 0. The van der Waals surface area contributed by atoms with E-state index in [1.807, 2.05) is 12.1 Å². The molecule has 0 fully saturated rings. The molecule has 0 bridgehead atoms. The van der Waals surface area contributed by atoms with Crippen LogP contribution in [0.1, 0.15) is 11.6 Å². The number of hydrogen-bond acceptors (Lipinski definition) is 3. The largest absolute Gasteiger partial charge is 0.358 e. The van der Waals surface area contributed by atoms with Gasteiger partial charge in [-0.2, -0.15) is 0 Å². The van der Waals surface area contributed by atoms with E-state index in [9.17, 15) is 9.18 Å². The Labute approximate surface area is 80.7 Å². The molecule has 0 aromatic heterocycles. The zero-order chi connectivity index (χ0) is 9.97. The van der Waals surface area contributed by atoms with Crippen molar-refractivity contribution in [2.75, 3.05) is 6.67 Å². The van der Waals surface area contributed by atoms with Crippen LogP contribution in [-0.2, 0) is 4.79 Å². The Morgan fingerprint density at radius 1 is 1.50 bits per heavy atom. The monoisotopic (exact) mass is 192 g/mol. The Bertz CT molecular complexity index is 389. The molecule has 0 radical (unpaired) electrons. The van der Waals surface area contributed by atoms with Gasteiger partial charge in [0.2, 0.25) is 0 Å². The van der Waals surface area contributed by atoms with Crippen LogP contribution in [0.5, 0.6) is 0 Å². The van der Waals surface area contributed by atoms with Gasteiger partial charge in [0.05, 0.1) is 5.69 Å². The van der Waals surface area contributed by atoms with E-state index in [0.29, 0.717) is 5.69 Å². The van der Waals surface area contributed by atoms with Gasteiger partial charge in [-0.1, -0.05) is 18.2 Å². The highest BCUT2D eigenvalue weighted by molar-refractivity contribution is 5.91. The van der Waals surface area contributed by atoms with Crippen molar-refractivity contribution in [1.82, 2.24) is 5.32 Å². The lowest BCUT2D eigenvalue weighted by molar-refractivity contribution is -0.109. The van der Waals surface area contributed by atoms with Crippen LogP contribution in [0.2, 0.25) is 0 Å². The lowest BCUT2D eigenvalue weighted by atomic mass is 10.0. The number of fused-ring (bicyclic) bond motifs is 1. The van der Waals surface area contributed by atoms with Crippen LogP contribution in [0.4, 0.5) is 10.1 Å². The van der Waals surface area contributed by atoms with Gasteiger partial charge in [-0.3, -0.25) is 0 Å². The molecule has 1 heterocycles. The van der Waals surface area contributed by atoms with E-state index in [-0.39, 0.29) is 5.84 Å². The van der Waals surface area contributed by atoms with E-state index >= 15 is 0 Å². The maximum atomic E-state index is 12.4. The number of nitrogens with one attached hydrogen (secondary N) is 1. The SMILES string of the molecule is O=CC1NC(CF)=Nc2ccccc21. The molecule has 1 aliphatic rings. The summed E-state index contributed by atoms with van der Waals surface area (Å²) in [5, 5.41) is 2.72. The van der Waals surface area contributed by atoms with Crippen molar-refractivity contribution in [3.8, 4) is 0 Å². The summed E-state index contributed by atoms with van der Waals surface area (Å²) in [5.74, 6) is 0.209. The summed E-state index contributed by atoms with van der Waals surface area (Å²) < 4.78 is 12.4. The lowest BCUT2D eigenvalue weighted by Crippen LogP contribution is -2.33. The summed E-state index contributed by atoms with van der Waals surface area (Å²) in [6, 6.07) is 6.73. The molecule has 14 heavy (non-hydrogen) atoms. The van der Waals surface area contributed by atoms with Gasteiger partial charge in [0.25, 0.3) is 0 Å². The number of aliphatic imine (C=N–C) groups is 1. The van der Waals surface area contributed by atoms with Crippen LogP contribution in [0.3, 0.4) is 0 Å². The van der Waals surface area contributed by atoms with E-state index < -0.39 is 12.7 Å². The molecule has 1 aliphatic heterocycles. The number of alkyl halides is 1. The molecule has 1 unspecified atom stereocenters. The summed E-state index contributed by atoms with van der Waals surface area (Å²) in [4.78, 5) is 14.8. The zero-order valence-corrected chi connectivity index (χ0v) is 7.40. The van der Waals surface area contributed by atoms with E-state index in [4.69, 9.17) is 0 Å². The lowest BCUT2D eigenvalue weighted by Gasteiger charge is -2.21. The van der Waals surface area contributed by atoms with Gasteiger partial charge in [0.15, 0.2) is 0 Å². The number of amidine groups is 1. The molecular weight excluding hydrogens is 183 g/mol. The second-order valence-electron chi connectivity index (χ2n) is 3.01. The van der Waals surface area contributed by atoms with Crippen molar-refractivity contribution in [3.63, 3.8) is 0 Å². The molecule has 0 saturated carbocycles. The van der Waals surface area contributed by atoms with Crippen molar-refractivity contribution in [2.24, 2.45) is 4.99 Å². The number of benzene rings is 1. The van der Waals surface area contributed by atoms with Gasteiger partial charge >= 0.3 is 0 Å². The second-order valence-corrected chi connectivity index (χ2v) is 3.01. The average molecular weight is 192 g/mol. The highest BCUT2D eigenvalue weighted by atomic mass is 19.1. The molecule has 1 aromatic rings. The quantitative estimate of drug-likeness (QED) is 0.722. The number of para-hydroxylation sites is 1. The minimum absolute atomic E-state index is 0.209. The standard InChI is InChI=1S/C10H9FN2O/c11-5-10-12-8-4-2-1-3-7(8)9(6-14)13-10/h1-4,6,9H,5H2,(H,12,13). The predicted octanol–water partition coefficient (Wildman–Crippen LogP) is 1.53. The van der Waals surface area contributed by atoms with Crippen LogP contribution in [0.25, 0.3) is 0 Å². The molecule has 4 heteroatoms. The maximum absolute atomic E-state index is 12.4. The molecule has 0 saturated heterocycles. The fraction of sp³-hybridized carbons (Fsp3) is 0.200. The van der Waals surface area contributed by atoms with Crippen molar-refractivity contribution in [1.29, 1.82) is 0 Å². The summed E-state index contributed by atoms with van der Waals surface area (Å²) in [5.41, 5.74) is 1.45. The van der Waals surface area contributed by atoms with Crippen molar-refractivity contribution in [2.45, 2.75) is 6.04 Å². The minimum Gasteiger partial charge on any atom is -0.358 e. The van der Waals surface area contributed by atoms with Crippen LogP contribution in [0.15, 0.2) is 29.3 Å². The minimum atomic E-state index is -0.682. The van der Waals surface area contributed by atoms with E-state index in [1.165, 1.54) is 0 Å². The zero-order valence-electron chi connectivity index (χ0n) is 7.40. The third-order valence-corrected chi connectivity index (χ3v) is 2.11. The number of aldehydes is 1. The average Bonchev–Trinajstić information content (AvgIpc) is 2.27. The summed E-state index contributed by atoms with van der Waals surface area (Å²) in [6.07, 6.45) is 0.753. The fourth-order valence-electron chi connectivity index (χ4n) is 1.46. The Hall–Kier alpha value is -1.71. The van der Waals surface area contributed by atoms with Crippen LogP contribution in [0, 0.1) is 0 Å². The number of carbonyl (C=O) groups excluding carboxylic acids is 1. The predicted molar refractivity (Wildman–Crippen MR) is 51.5 cm³/mol. The number of rotatable bonds is 2. The van der Waals surface area contributed by atoms with Gasteiger partial charge in [-0.05, 0) is 6.07 Å². The molecule has 1 aromatic carbocycles.